The molecule has 1 fully saturated rings. The van der Waals surface area contributed by atoms with Crippen molar-refractivity contribution < 1.29 is 13.9 Å². The Bertz CT molecular complexity index is 660. The van der Waals surface area contributed by atoms with Crippen LogP contribution in [0, 0.1) is 0 Å². The van der Waals surface area contributed by atoms with Gasteiger partial charge in [0.05, 0.1) is 12.8 Å². The number of nitrogens with zero attached hydrogens (tertiary/aromatic N) is 2. The van der Waals surface area contributed by atoms with Gasteiger partial charge in [-0.3, -0.25) is 4.79 Å². The Morgan fingerprint density at radius 3 is 2.50 bits per heavy atom. The fraction of sp³-hybridized carbons (Fsp3) is 0.312. The van der Waals surface area contributed by atoms with Crippen LogP contribution in [0.4, 0.5) is 11.6 Å². The van der Waals surface area contributed by atoms with Crippen molar-refractivity contribution in [3.8, 4) is 5.75 Å². The average molecular weight is 301 g/mol. The zero-order valence-corrected chi connectivity index (χ0v) is 12.5. The van der Waals surface area contributed by atoms with E-state index in [2.05, 4.69) is 4.90 Å². The molecule has 1 aromatic heterocycles. The highest BCUT2D eigenvalue weighted by molar-refractivity contribution is 5.92. The van der Waals surface area contributed by atoms with Gasteiger partial charge in [-0.25, -0.2) is 0 Å². The highest BCUT2D eigenvalue weighted by atomic mass is 16.5. The number of nitrogens with two attached hydrogens (primary N) is 1. The minimum atomic E-state index is -0.114. The minimum absolute atomic E-state index is 0.114. The maximum Gasteiger partial charge on any atom is 0.289 e. The summed E-state index contributed by atoms with van der Waals surface area (Å²) in [6, 6.07) is 11.1. The van der Waals surface area contributed by atoms with Gasteiger partial charge in [-0.1, -0.05) is 12.1 Å². The topological polar surface area (TPSA) is 71.9 Å². The summed E-state index contributed by atoms with van der Waals surface area (Å²) in [5.74, 6) is 1.29. The van der Waals surface area contributed by atoms with Gasteiger partial charge >= 0.3 is 0 Å². The minimum Gasteiger partial charge on any atom is -0.495 e. The summed E-state index contributed by atoms with van der Waals surface area (Å²) < 4.78 is 10.6. The Morgan fingerprint density at radius 2 is 1.86 bits per heavy atom. The number of anilines is 2. The lowest BCUT2D eigenvalue weighted by molar-refractivity contribution is 0.0716. The van der Waals surface area contributed by atoms with E-state index in [0.29, 0.717) is 18.8 Å². The lowest BCUT2D eigenvalue weighted by Crippen LogP contribution is -2.48. The molecule has 2 N–H and O–H groups in total. The van der Waals surface area contributed by atoms with Crippen molar-refractivity contribution in [1.82, 2.24) is 4.90 Å². The molecule has 1 saturated heterocycles. The van der Waals surface area contributed by atoms with Crippen LogP contribution in [-0.2, 0) is 0 Å². The van der Waals surface area contributed by atoms with Crippen LogP contribution in [0.1, 0.15) is 10.6 Å². The number of hydrogen-bond acceptors (Lipinski definition) is 5. The van der Waals surface area contributed by atoms with Crippen LogP contribution in [-0.4, -0.2) is 44.1 Å². The predicted octanol–water partition coefficient (Wildman–Crippen LogP) is 1.83. The number of nitrogen functional groups attached to an aromatic ring is 1. The van der Waals surface area contributed by atoms with Crippen LogP contribution >= 0.6 is 0 Å². The third kappa shape index (κ3) is 2.72. The Balaban J connectivity index is 1.66. The van der Waals surface area contributed by atoms with Gasteiger partial charge in [0.1, 0.15) is 5.75 Å². The summed E-state index contributed by atoms with van der Waals surface area (Å²) in [5.41, 5.74) is 6.57. The van der Waals surface area contributed by atoms with Crippen LogP contribution in [0.15, 0.2) is 40.8 Å². The first-order valence-electron chi connectivity index (χ1n) is 7.21. The van der Waals surface area contributed by atoms with Crippen molar-refractivity contribution in [2.24, 2.45) is 0 Å². The van der Waals surface area contributed by atoms with E-state index in [1.54, 1.807) is 24.1 Å². The highest BCUT2D eigenvalue weighted by Crippen LogP contribution is 2.28. The zero-order chi connectivity index (χ0) is 15.5. The molecule has 6 nitrogen and oxygen atoms in total. The van der Waals surface area contributed by atoms with Crippen molar-refractivity contribution in [3.63, 3.8) is 0 Å². The normalized spacial score (nSPS) is 15.0. The van der Waals surface area contributed by atoms with Crippen molar-refractivity contribution in [3.05, 3.63) is 42.2 Å². The standard InChI is InChI=1S/C16H19N3O3/c1-21-13-5-3-2-4-12(13)18-8-10-19(11-9-18)16(20)14-6-7-15(17)22-14/h2-7H,8-11,17H2,1H3. The van der Waals surface area contributed by atoms with Crippen molar-refractivity contribution in [1.29, 1.82) is 0 Å². The second-order valence-electron chi connectivity index (χ2n) is 5.15. The highest BCUT2D eigenvalue weighted by Gasteiger charge is 2.25. The van der Waals surface area contributed by atoms with Crippen molar-refractivity contribution in [2.75, 3.05) is 43.9 Å². The number of carbonyl (C=O) groups is 1. The molecule has 0 unspecified atom stereocenters. The smallest absolute Gasteiger partial charge is 0.289 e. The molecule has 0 aliphatic carbocycles. The second-order valence-corrected chi connectivity index (χ2v) is 5.15. The fourth-order valence-electron chi connectivity index (χ4n) is 2.67. The molecule has 3 rings (SSSR count). The van der Waals surface area contributed by atoms with Gasteiger partial charge in [0.2, 0.25) is 0 Å². The summed E-state index contributed by atoms with van der Waals surface area (Å²) >= 11 is 0. The summed E-state index contributed by atoms with van der Waals surface area (Å²) in [4.78, 5) is 16.3. The average Bonchev–Trinajstić information content (AvgIpc) is 3.01. The molecule has 0 spiro atoms. The molecule has 6 heteroatoms. The summed E-state index contributed by atoms with van der Waals surface area (Å²) in [5, 5.41) is 0. The first-order valence-corrected chi connectivity index (χ1v) is 7.21. The van der Waals surface area contributed by atoms with Gasteiger partial charge in [-0.15, -0.1) is 0 Å². The zero-order valence-electron chi connectivity index (χ0n) is 12.5. The van der Waals surface area contributed by atoms with Gasteiger partial charge in [-0.05, 0) is 18.2 Å². The molecular weight excluding hydrogens is 282 g/mol. The molecule has 1 amide bonds. The molecule has 0 radical (unpaired) electrons. The number of furan rings is 1. The number of rotatable bonds is 3. The Labute approximate surface area is 129 Å². The number of amides is 1. The van der Waals surface area contributed by atoms with Gasteiger partial charge in [0, 0.05) is 32.2 Å². The van der Waals surface area contributed by atoms with E-state index in [4.69, 9.17) is 14.9 Å². The van der Waals surface area contributed by atoms with Crippen LogP contribution in [0.5, 0.6) is 5.75 Å². The van der Waals surface area contributed by atoms with Crippen LogP contribution in [0.25, 0.3) is 0 Å². The molecule has 2 aromatic rings. The second kappa shape index (κ2) is 6.01. The van der Waals surface area contributed by atoms with Gasteiger partial charge in [0.25, 0.3) is 5.91 Å². The Hall–Kier alpha value is -2.63. The van der Waals surface area contributed by atoms with E-state index in [9.17, 15) is 4.79 Å². The monoisotopic (exact) mass is 301 g/mol. The van der Waals surface area contributed by atoms with E-state index in [1.807, 2.05) is 24.3 Å². The maximum absolute atomic E-state index is 12.3. The number of piperazine rings is 1. The number of carbonyl (C=O) groups excluding carboxylic acids is 1. The fourth-order valence-corrected chi connectivity index (χ4v) is 2.67. The quantitative estimate of drug-likeness (QED) is 0.936. The molecule has 22 heavy (non-hydrogen) atoms. The number of para-hydroxylation sites is 2. The molecule has 1 aliphatic rings. The molecule has 116 valence electrons. The number of hydrogen-bond donors (Lipinski definition) is 1. The van der Waals surface area contributed by atoms with Gasteiger partial charge < -0.3 is 24.7 Å². The van der Waals surface area contributed by atoms with Crippen LogP contribution in [0.2, 0.25) is 0 Å². The van der Waals surface area contributed by atoms with E-state index in [-0.39, 0.29) is 11.8 Å². The van der Waals surface area contributed by atoms with E-state index >= 15 is 0 Å². The Morgan fingerprint density at radius 1 is 1.14 bits per heavy atom. The molecule has 1 aliphatic heterocycles. The van der Waals surface area contributed by atoms with Crippen molar-refractivity contribution >= 4 is 17.5 Å². The lowest BCUT2D eigenvalue weighted by atomic mass is 10.2. The summed E-state index contributed by atoms with van der Waals surface area (Å²) in [6.07, 6.45) is 0. The van der Waals surface area contributed by atoms with Gasteiger partial charge in [-0.2, -0.15) is 0 Å². The van der Waals surface area contributed by atoms with E-state index < -0.39 is 0 Å². The molecule has 0 saturated carbocycles. The number of ether oxygens (including phenoxy) is 1. The lowest BCUT2D eigenvalue weighted by Gasteiger charge is -2.36. The van der Waals surface area contributed by atoms with E-state index in [1.165, 1.54) is 0 Å². The van der Waals surface area contributed by atoms with Crippen molar-refractivity contribution in [2.45, 2.75) is 0 Å². The molecular formula is C16H19N3O3. The third-order valence-corrected chi connectivity index (χ3v) is 3.83. The SMILES string of the molecule is COc1ccccc1N1CCN(C(=O)c2ccc(N)o2)CC1. The summed E-state index contributed by atoms with van der Waals surface area (Å²) in [6.45, 7) is 2.78. The third-order valence-electron chi connectivity index (χ3n) is 3.83. The Kier molecular flexibility index (Phi) is 3.91. The maximum atomic E-state index is 12.3. The van der Waals surface area contributed by atoms with Gasteiger partial charge in [0.15, 0.2) is 11.6 Å². The van der Waals surface area contributed by atoms with Crippen LogP contribution in [0.3, 0.4) is 0 Å². The predicted molar refractivity (Wildman–Crippen MR) is 84.2 cm³/mol. The van der Waals surface area contributed by atoms with Crippen LogP contribution < -0.4 is 15.4 Å². The molecule has 0 bridgehead atoms. The first kappa shape index (κ1) is 14.3. The first-order chi connectivity index (χ1) is 10.7. The molecule has 0 atom stereocenters. The number of benzene rings is 1. The largest absolute Gasteiger partial charge is 0.495 e. The number of methoxy groups -OCH3 is 1. The van der Waals surface area contributed by atoms with E-state index in [0.717, 1.165) is 24.5 Å². The summed E-state index contributed by atoms with van der Waals surface area (Å²) in [7, 11) is 1.67. The molecule has 2 heterocycles. The molecule has 1 aromatic carbocycles.